The molecule has 84 valence electrons. The largest absolute Gasteiger partial charge is 0.416 e. The quantitative estimate of drug-likeness (QED) is 0.720. The van der Waals surface area contributed by atoms with Crippen LogP contribution in [0.2, 0.25) is 0 Å². The highest BCUT2D eigenvalue weighted by Gasteiger charge is 2.12. The van der Waals surface area contributed by atoms with Crippen molar-refractivity contribution in [3.63, 3.8) is 0 Å². The van der Waals surface area contributed by atoms with Gasteiger partial charge < -0.3 is 14.2 Å². The van der Waals surface area contributed by atoms with Crippen molar-refractivity contribution in [3.05, 3.63) is 18.6 Å². The summed E-state index contributed by atoms with van der Waals surface area (Å²) >= 11 is 0. The van der Waals surface area contributed by atoms with Crippen molar-refractivity contribution in [3.8, 4) is 5.88 Å². The Morgan fingerprint density at radius 2 is 2.19 bits per heavy atom. The van der Waals surface area contributed by atoms with Gasteiger partial charge in [-0.1, -0.05) is 0 Å². The molecule has 2 aromatic heterocycles. The van der Waals surface area contributed by atoms with E-state index in [0.717, 1.165) is 11.0 Å². The molecule has 2 rings (SSSR count). The maximum Gasteiger partial charge on any atom is 0.416 e. The Kier molecular flexibility index (Phi) is 2.47. The van der Waals surface area contributed by atoms with Gasteiger partial charge in [-0.2, -0.15) is 0 Å². The summed E-state index contributed by atoms with van der Waals surface area (Å²) in [6.07, 6.45) is 2.76. The molecule has 6 heteroatoms. The molecule has 2 aromatic rings. The lowest BCUT2D eigenvalue weighted by Gasteiger charge is -2.10. The minimum atomic E-state index is -0.455. The lowest BCUT2D eigenvalue weighted by Crippen LogP contribution is -2.25. The lowest BCUT2D eigenvalue weighted by atomic mass is 10.4. The Labute approximate surface area is 92.5 Å². The van der Waals surface area contributed by atoms with Crippen LogP contribution in [0, 0.1) is 0 Å². The van der Waals surface area contributed by atoms with Gasteiger partial charge in [-0.15, -0.1) is 0 Å². The van der Waals surface area contributed by atoms with Gasteiger partial charge in [0.05, 0.1) is 5.39 Å². The number of fused-ring (bicyclic) bond motifs is 1. The Morgan fingerprint density at radius 1 is 1.44 bits per heavy atom. The third-order valence-electron chi connectivity index (χ3n) is 2.17. The first-order valence-corrected chi connectivity index (χ1v) is 4.75. The first kappa shape index (κ1) is 10.4. The number of nitrogens with zero attached hydrogens (tertiary/aromatic N) is 4. The number of hydrogen-bond acceptors (Lipinski definition) is 4. The van der Waals surface area contributed by atoms with E-state index in [-0.39, 0.29) is 5.88 Å². The van der Waals surface area contributed by atoms with E-state index in [4.69, 9.17) is 4.74 Å². The van der Waals surface area contributed by atoms with Crippen molar-refractivity contribution in [1.82, 2.24) is 19.4 Å². The molecule has 1 amide bonds. The normalized spacial score (nSPS) is 10.4. The number of rotatable bonds is 1. The Morgan fingerprint density at radius 3 is 2.88 bits per heavy atom. The minimum absolute atomic E-state index is 0.282. The van der Waals surface area contributed by atoms with Gasteiger partial charge in [-0.25, -0.2) is 14.8 Å². The molecule has 6 nitrogen and oxygen atoms in total. The average Bonchev–Trinajstić information content (AvgIpc) is 2.62. The standard InChI is InChI=1S/C10H12N4O2/c1-13(2)10(15)16-9-7-4-5-14(3)8(7)11-6-12-9/h4-6H,1-3H3. The van der Waals surface area contributed by atoms with Crippen molar-refractivity contribution < 1.29 is 9.53 Å². The molecule has 0 bridgehead atoms. The summed E-state index contributed by atoms with van der Waals surface area (Å²) < 4.78 is 6.96. The van der Waals surface area contributed by atoms with Crippen molar-refractivity contribution in [2.24, 2.45) is 7.05 Å². The zero-order valence-corrected chi connectivity index (χ0v) is 9.34. The summed E-state index contributed by atoms with van der Waals surface area (Å²) in [6, 6.07) is 1.81. The lowest BCUT2D eigenvalue weighted by molar-refractivity contribution is 0.170. The SMILES string of the molecule is CN(C)C(=O)Oc1ncnc2c1ccn2C. The molecular formula is C10H12N4O2. The van der Waals surface area contributed by atoms with E-state index in [1.807, 2.05) is 23.9 Å². The van der Waals surface area contributed by atoms with Gasteiger partial charge in [0.25, 0.3) is 0 Å². The second-order valence-electron chi connectivity index (χ2n) is 3.61. The average molecular weight is 220 g/mol. The summed E-state index contributed by atoms with van der Waals surface area (Å²) in [4.78, 5) is 20.8. The van der Waals surface area contributed by atoms with Gasteiger partial charge in [-0.3, -0.25) is 0 Å². The van der Waals surface area contributed by atoms with Crippen LogP contribution < -0.4 is 4.74 Å². The molecule has 0 spiro atoms. The van der Waals surface area contributed by atoms with Crippen molar-refractivity contribution in [2.45, 2.75) is 0 Å². The van der Waals surface area contributed by atoms with E-state index < -0.39 is 6.09 Å². The van der Waals surface area contributed by atoms with Crippen molar-refractivity contribution in [2.75, 3.05) is 14.1 Å². The zero-order valence-electron chi connectivity index (χ0n) is 9.34. The van der Waals surface area contributed by atoms with Gasteiger partial charge >= 0.3 is 6.09 Å². The van der Waals surface area contributed by atoms with Gasteiger partial charge in [-0.05, 0) is 6.07 Å². The summed E-state index contributed by atoms with van der Waals surface area (Å²) in [5.74, 6) is 0.282. The number of carbonyl (C=O) groups is 1. The van der Waals surface area contributed by atoms with E-state index in [1.165, 1.54) is 11.2 Å². The molecule has 0 aromatic carbocycles. The van der Waals surface area contributed by atoms with E-state index >= 15 is 0 Å². The second kappa shape index (κ2) is 3.80. The molecule has 0 aliphatic carbocycles. The molecule has 0 atom stereocenters. The van der Waals surface area contributed by atoms with Crippen LogP contribution in [0.15, 0.2) is 18.6 Å². The molecule has 2 heterocycles. The van der Waals surface area contributed by atoms with Crippen LogP contribution in [0.5, 0.6) is 5.88 Å². The number of amides is 1. The molecule has 0 radical (unpaired) electrons. The first-order chi connectivity index (χ1) is 7.59. The highest BCUT2D eigenvalue weighted by atomic mass is 16.6. The number of carbonyl (C=O) groups excluding carboxylic acids is 1. The Hall–Kier alpha value is -2.11. The molecule has 16 heavy (non-hydrogen) atoms. The maximum atomic E-state index is 11.4. The van der Waals surface area contributed by atoms with Crippen LogP contribution in [0.1, 0.15) is 0 Å². The molecule has 0 fully saturated rings. The maximum absolute atomic E-state index is 11.4. The second-order valence-corrected chi connectivity index (χ2v) is 3.61. The molecular weight excluding hydrogens is 208 g/mol. The third kappa shape index (κ3) is 1.69. The summed E-state index contributed by atoms with van der Waals surface area (Å²) in [6.45, 7) is 0. The van der Waals surface area contributed by atoms with Crippen LogP contribution in [0.4, 0.5) is 4.79 Å². The van der Waals surface area contributed by atoms with E-state index in [9.17, 15) is 4.79 Å². The molecule has 0 unspecified atom stereocenters. The fraction of sp³-hybridized carbons (Fsp3) is 0.300. The van der Waals surface area contributed by atoms with Gasteiger partial charge in [0, 0.05) is 27.3 Å². The van der Waals surface area contributed by atoms with Gasteiger partial charge in [0.2, 0.25) is 5.88 Å². The number of aryl methyl sites for hydroxylation is 1. The summed E-state index contributed by atoms with van der Waals surface area (Å²) in [5, 5.41) is 0.722. The van der Waals surface area contributed by atoms with E-state index in [1.54, 1.807) is 14.1 Å². The number of aromatic nitrogens is 3. The third-order valence-corrected chi connectivity index (χ3v) is 2.17. The fourth-order valence-corrected chi connectivity index (χ4v) is 1.31. The van der Waals surface area contributed by atoms with Crippen molar-refractivity contribution >= 4 is 17.1 Å². The van der Waals surface area contributed by atoms with Crippen LogP contribution in [0.25, 0.3) is 11.0 Å². The van der Waals surface area contributed by atoms with E-state index in [0.29, 0.717) is 0 Å². The molecule has 0 saturated heterocycles. The van der Waals surface area contributed by atoms with Gasteiger partial charge in [0.15, 0.2) is 0 Å². The molecule has 0 aliphatic rings. The van der Waals surface area contributed by atoms with E-state index in [2.05, 4.69) is 9.97 Å². The molecule has 0 N–H and O–H groups in total. The van der Waals surface area contributed by atoms with Crippen LogP contribution in [-0.2, 0) is 7.05 Å². The molecule has 0 aliphatic heterocycles. The predicted octanol–water partition coefficient (Wildman–Crippen LogP) is 1.03. The highest BCUT2D eigenvalue weighted by Crippen LogP contribution is 2.21. The topological polar surface area (TPSA) is 60.3 Å². The first-order valence-electron chi connectivity index (χ1n) is 4.75. The summed E-state index contributed by atoms with van der Waals surface area (Å²) in [7, 11) is 5.10. The predicted molar refractivity (Wildman–Crippen MR) is 58.2 cm³/mol. The van der Waals surface area contributed by atoms with Crippen LogP contribution >= 0.6 is 0 Å². The minimum Gasteiger partial charge on any atom is -0.390 e. The Bertz CT molecular complexity index is 533. The van der Waals surface area contributed by atoms with Crippen molar-refractivity contribution in [1.29, 1.82) is 0 Å². The monoisotopic (exact) mass is 220 g/mol. The molecule has 0 saturated carbocycles. The van der Waals surface area contributed by atoms with Gasteiger partial charge in [0.1, 0.15) is 12.0 Å². The highest BCUT2D eigenvalue weighted by molar-refractivity contribution is 5.84. The number of hydrogen-bond donors (Lipinski definition) is 0. The fourth-order valence-electron chi connectivity index (χ4n) is 1.31. The number of ether oxygens (including phenoxy) is 1. The zero-order chi connectivity index (χ0) is 11.7. The van der Waals surface area contributed by atoms with Crippen LogP contribution in [0.3, 0.4) is 0 Å². The van der Waals surface area contributed by atoms with Crippen LogP contribution in [-0.4, -0.2) is 39.6 Å². The smallest absolute Gasteiger partial charge is 0.390 e. The Balaban J connectivity index is 2.41. The summed E-state index contributed by atoms with van der Waals surface area (Å²) in [5.41, 5.74) is 0.733.